The van der Waals surface area contributed by atoms with Gasteiger partial charge in [-0.2, -0.15) is 0 Å². The lowest BCUT2D eigenvalue weighted by atomic mass is 9.94. The summed E-state index contributed by atoms with van der Waals surface area (Å²) in [6.07, 6.45) is 1.88. The molecule has 0 aliphatic carbocycles. The number of hydrogen-bond donors (Lipinski definition) is 0. The Morgan fingerprint density at radius 3 is 2.61 bits per heavy atom. The first-order chi connectivity index (χ1) is 13.4. The van der Waals surface area contributed by atoms with Gasteiger partial charge in [0, 0.05) is 18.1 Å². The Labute approximate surface area is 161 Å². The number of esters is 1. The van der Waals surface area contributed by atoms with Gasteiger partial charge in [-0.1, -0.05) is 12.1 Å². The summed E-state index contributed by atoms with van der Waals surface area (Å²) in [7, 11) is 0. The van der Waals surface area contributed by atoms with E-state index < -0.39 is 5.63 Å². The Morgan fingerprint density at radius 1 is 1.11 bits per heavy atom. The molecule has 4 rings (SSSR count). The van der Waals surface area contributed by atoms with E-state index in [-0.39, 0.29) is 18.5 Å². The lowest BCUT2D eigenvalue weighted by Crippen LogP contribution is -2.14. The van der Waals surface area contributed by atoms with Crippen LogP contribution in [0.2, 0.25) is 0 Å². The van der Waals surface area contributed by atoms with E-state index in [9.17, 15) is 9.59 Å². The number of carbonyl (C=O) groups excluding carboxylic acids is 1. The van der Waals surface area contributed by atoms with Crippen LogP contribution in [0.25, 0.3) is 22.6 Å². The summed E-state index contributed by atoms with van der Waals surface area (Å²) in [5.41, 5.74) is 4.11. The number of ether oxygens (including phenoxy) is 2. The van der Waals surface area contributed by atoms with Gasteiger partial charge in [-0.3, -0.25) is 4.79 Å². The molecule has 142 valence electrons. The highest BCUT2D eigenvalue weighted by atomic mass is 16.5. The van der Waals surface area contributed by atoms with Crippen molar-refractivity contribution in [1.29, 1.82) is 0 Å². The zero-order valence-electron chi connectivity index (χ0n) is 16.1. The second-order valence-electron chi connectivity index (χ2n) is 6.82. The van der Waals surface area contributed by atoms with Crippen LogP contribution < -0.4 is 15.1 Å². The van der Waals surface area contributed by atoms with Gasteiger partial charge in [0.2, 0.25) is 5.89 Å². The molecule has 2 aromatic carbocycles. The fourth-order valence-corrected chi connectivity index (χ4v) is 3.42. The summed E-state index contributed by atoms with van der Waals surface area (Å²) in [6, 6.07) is 7.04. The van der Waals surface area contributed by atoms with E-state index in [1.54, 1.807) is 18.2 Å². The van der Waals surface area contributed by atoms with Crippen LogP contribution in [0.4, 0.5) is 0 Å². The third-order valence-corrected chi connectivity index (χ3v) is 4.98. The predicted octanol–water partition coefficient (Wildman–Crippen LogP) is 3.97. The highest BCUT2D eigenvalue weighted by molar-refractivity contribution is 5.88. The quantitative estimate of drug-likeness (QED) is 0.497. The maximum atomic E-state index is 12.3. The molecule has 0 N–H and O–H groups in total. The molecule has 2 heterocycles. The second-order valence-corrected chi connectivity index (χ2v) is 6.82. The molecule has 1 aromatic heterocycles. The van der Waals surface area contributed by atoms with Crippen LogP contribution in [0.15, 0.2) is 33.5 Å². The lowest BCUT2D eigenvalue weighted by molar-refractivity contribution is -0.131. The molecule has 6 nitrogen and oxygen atoms in total. The number of carbonyl (C=O) groups is 1. The number of rotatable bonds is 2. The Kier molecular flexibility index (Phi) is 4.26. The van der Waals surface area contributed by atoms with Crippen molar-refractivity contribution < 1.29 is 18.7 Å². The molecule has 28 heavy (non-hydrogen) atoms. The van der Waals surface area contributed by atoms with Gasteiger partial charge in [-0.15, -0.1) is 0 Å². The molecule has 0 fully saturated rings. The zero-order valence-corrected chi connectivity index (χ0v) is 16.1. The SMILES string of the molecule is CC(=O)Oc1c(C)c(C)c2c(c1C)C=C(c1nc3ccccc3c(=O)o1)CO2. The standard InChI is InChI=1S/C22H19NO5/c1-11-12(2)20-17(13(3)19(11)27-14(4)24)9-15(10-26-20)21-23-18-8-6-5-7-16(18)22(25)28-21/h5-9H,10H2,1-4H3. The van der Waals surface area contributed by atoms with Crippen LogP contribution in [0.5, 0.6) is 11.5 Å². The van der Waals surface area contributed by atoms with Crippen LogP contribution in [0.3, 0.4) is 0 Å². The number of nitrogens with zero attached hydrogens (tertiary/aromatic N) is 1. The molecular formula is C22H19NO5. The van der Waals surface area contributed by atoms with Crippen LogP contribution in [-0.2, 0) is 4.79 Å². The largest absolute Gasteiger partial charge is 0.488 e. The van der Waals surface area contributed by atoms with E-state index in [1.165, 1.54) is 6.92 Å². The molecule has 0 radical (unpaired) electrons. The average molecular weight is 377 g/mol. The molecule has 0 spiro atoms. The van der Waals surface area contributed by atoms with Gasteiger partial charge in [-0.05, 0) is 50.1 Å². The zero-order chi connectivity index (χ0) is 20.0. The van der Waals surface area contributed by atoms with E-state index in [0.29, 0.717) is 22.2 Å². The van der Waals surface area contributed by atoms with Gasteiger partial charge >= 0.3 is 11.6 Å². The van der Waals surface area contributed by atoms with E-state index in [1.807, 2.05) is 32.9 Å². The second kappa shape index (κ2) is 6.64. The van der Waals surface area contributed by atoms with Crippen molar-refractivity contribution in [1.82, 2.24) is 4.98 Å². The third-order valence-electron chi connectivity index (χ3n) is 4.98. The monoisotopic (exact) mass is 377 g/mol. The van der Waals surface area contributed by atoms with Crippen molar-refractivity contribution in [3.8, 4) is 11.5 Å². The van der Waals surface area contributed by atoms with Crippen molar-refractivity contribution in [3.63, 3.8) is 0 Å². The predicted molar refractivity (Wildman–Crippen MR) is 106 cm³/mol. The van der Waals surface area contributed by atoms with Crippen molar-refractivity contribution in [2.45, 2.75) is 27.7 Å². The number of fused-ring (bicyclic) bond motifs is 2. The normalized spacial score (nSPS) is 12.9. The lowest BCUT2D eigenvalue weighted by Gasteiger charge is -2.24. The molecule has 1 aliphatic rings. The van der Waals surface area contributed by atoms with Gasteiger partial charge < -0.3 is 13.9 Å². The van der Waals surface area contributed by atoms with E-state index in [0.717, 1.165) is 28.0 Å². The molecule has 0 unspecified atom stereocenters. The number of hydrogen-bond acceptors (Lipinski definition) is 6. The molecule has 3 aromatic rings. The van der Waals surface area contributed by atoms with Crippen LogP contribution >= 0.6 is 0 Å². The molecule has 0 bridgehead atoms. The fourth-order valence-electron chi connectivity index (χ4n) is 3.42. The van der Waals surface area contributed by atoms with Crippen molar-refractivity contribution in [2.24, 2.45) is 0 Å². The van der Waals surface area contributed by atoms with Gasteiger partial charge in [0.05, 0.1) is 16.5 Å². The molecule has 1 aliphatic heterocycles. The van der Waals surface area contributed by atoms with E-state index in [2.05, 4.69) is 4.98 Å². The van der Waals surface area contributed by atoms with Crippen LogP contribution in [-0.4, -0.2) is 17.6 Å². The topological polar surface area (TPSA) is 78.6 Å². The van der Waals surface area contributed by atoms with Gasteiger partial charge in [0.1, 0.15) is 18.1 Å². The maximum absolute atomic E-state index is 12.3. The van der Waals surface area contributed by atoms with Crippen LogP contribution in [0.1, 0.15) is 35.1 Å². The minimum Gasteiger partial charge on any atom is -0.488 e. The minimum atomic E-state index is -0.440. The highest BCUT2D eigenvalue weighted by Crippen LogP contribution is 2.42. The Bertz CT molecular complexity index is 1220. The molecule has 0 saturated heterocycles. The first-order valence-corrected chi connectivity index (χ1v) is 8.92. The Morgan fingerprint density at radius 2 is 1.86 bits per heavy atom. The summed E-state index contributed by atoms with van der Waals surface area (Å²) in [5, 5.41) is 0.434. The first kappa shape index (κ1) is 18.0. The molecule has 0 saturated carbocycles. The summed E-state index contributed by atoms with van der Waals surface area (Å²) >= 11 is 0. The molecule has 6 heteroatoms. The summed E-state index contributed by atoms with van der Waals surface area (Å²) in [4.78, 5) is 28.3. The summed E-state index contributed by atoms with van der Waals surface area (Å²) < 4.78 is 16.8. The van der Waals surface area contributed by atoms with Gasteiger partial charge in [0.25, 0.3) is 0 Å². The number of para-hydroxylation sites is 1. The van der Waals surface area contributed by atoms with Crippen LogP contribution in [0, 0.1) is 20.8 Å². The number of benzene rings is 2. The summed E-state index contributed by atoms with van der Waals surface area (Å²) in [6.45, 7) is 7.30. The Balaban J connectivity index is 1.90. The molecule has 0 atom stereocenters. The highest BCUT2D eigenvalue weighted by Gasteiger charge is 2.25. The van der Waals surface area contributed by atoms with Crippen molar-refractivity contribution >= 4 is 28.5 Å². The van der Waals surface area contributed by atoms with E-state index in [4.69, 9.17) is 13.9 Å². The van der Waals surface area contributed by atoms with Gasteiger partial charge in [-0.25, -0.2) is 9.78 Å². The maximum Gasteiger partial charge on any atom is 0.347 e. The number of aromatic nitrogens is 1. The minimum absolute atomic E-state index is 0.223. The summed E-state index contributed by atoms with van der Waals surface area (Å²) in [5.74, 6) is 1.10. The van der Waals surface area contributed by atoms with E-state index >= 15 is 0 Å². The van der Waals surface area contributed by atoms with Crippen molar-refractivity contribution in [3.05, 3.63) is 62.8 Å². The fraction of sp³-hybridized carbons (Fsp3) is 0.227. The van der Waals surface area contributed by atoms with Gasteiger partial charge in [0.15, 0.2) is 0 Å². The van der Waals surface area contributed by atoms with Crippen molar-refractivity contribution in [2.75, 3.05) is 6.61 Å². The Hall–Kier alpha value is -3.41. The molecule has 0 amide bonds. The average Bonchev–Trinajstić information content (AvgIpc) is 2.69. The third kappa shape index (κ3) is 2.87. The smallest absolute Gasteiger partial charge is 0.347 e. The first-order valence-electron chi connectivity index (χ1n) is 8.92. The molecular weight excluding hydrogens is 358 g/mol.